The first-order valence-corrected chi connectivity index (χ1v) is 10.3. The molecule has 0 radical (unpaired) electrons. The summed E-state index contributed by atoms with van der Waals surface area (Å²) in [6.07, 6.45) is 4.45. The van der Waals surface area contributed by atoms with Gasteiger partial charge in [0.05, 0.1) is 5.92 Å². The normalized spacial score (nSPS) is 20.3. The van der Waals surface area contributed by atoms with Gasteiger partial charge < -0.3 is 24.3 Å². The topological polar surface area (TPSA) is 83.1 Å². The molecule has 1 atom stereocenters. The number of para-hydroxylation sites is 1. The fourth-order valence-electron chi connectivity index (χ4n) is 4.22. The third kappa shape index (κ3) is 3.67. The van der Waals surface area contributed by atoms with Crippen molar-refractivity contribution in [2.75, 3.05) is 18.5 Å². The number of amides is 1. The average Bonchev–Trinajstić information content (AvgIpc) is 3.37. The van der Waals surface area contributed by atoms with Gasteiger partial charge in [0.25, 0.3) is 11.7 Å². The Balaban J connectivity index is 1.14. The highest BCUT2D eigenvalue weighted by Gasteiger charge is 2.44. The third-order valence-electron chi connectivity index (χ3n) is 5.74. The molecule has 7 nitrogen and oxygen atoms in total. The molecule has 0 bridgehead atoms. The minimum absolute atomic E-state index is 0.251. The van der Waals surface area contributed by atoms with Gasteiger partial charge in [-0.25, -0.2) is 0 Å². The predicted octanol–water partition coefficient (Wildman–Crippen LogP) is 3.46. The summed E-state index contributed by atoms with van der Waals surface area (Å²) in [7, 11) is 0. The van der Waals surface area contributed by atoms with Crippen molar-refractivity contribution in [2.45, 2.75) is 37.9 Å². The number of fused-ring (bicyclic) bond motifs is 2. The lowest BCUT2D eigenvalue weighted by atomic mass is 9.97. The summed E-state index contributed by atoms with van der Waals surface area (Å²) in [6.45, 7) is -0.100. The lowest BCUT2D eigenvalue weighted by Crippen LogP contribution is -2.34. The van der Waals surface area contributed by atoms with E-state index in [4.69, 9.17) is 18.9 Å². The van der Waals surface area contributed by atoms with Crippen molar-refractivity contribution in [3.05, 3.63) is 48.0 Å². The van der Waals surface area contributed by atoms with Crippen molar-refractivity contribution in [3.63, 3.8) is 0 Å². The Labute approximate surface area is 174 Å². The second-order valence-electron chi connectivity index (χ2n) is 7.96. The molecule has 1 fully saturated rings. The zero-order chi connectivity index (χ0) is 20.6. The number of hydrogen-bond acceptors (Lipinski definition) is 6. The zero-order valence-electron chi connectivity index (χ0n) is 16.5. The molecule has 0 aromatic heterocycles. The number of hydrogen-bond donors (Lipinski definition) is 1. The van der Waals surface area contributed by atoms with Crippen molar-refractivity contribution in [1.29, 1.82) is 0 Å². The highest BCUT2D eigenvalue weighted by Crippen LogP contribution is 2.47. The summed E-state index contributed by atoms with van der Waals surface area (Å²) in [6, 6.07) is 12.9. The standard InChI is InChI=1S/C23H23NO6/c25-21(14-28-22(26)16-11-15-5-1-2-6-18(15)27-13-16)24-17-7-8-19-20(12-17)30-23(29-19)9-3-4-10-23/h1-2,5-8,12,16H,3-4,9-11,13-14H2,(H,24,25). The minimum Gasteiger partial charge on any atom is -0.492 e. The maximum Gasteiger partial charge on any atom is 0.313 e. The van der Waals surface area contributed by atoms with Gasteiger partial charge in [0.15, 0.2) is 18.1 Å². The van der Waals surface area contributed by atoms with Crippen LogP contribution in [-0.4, -0.2) is 30.9 Å². The number of carbonyl (C=O) groups is 2. The van der Waals surface area contributed by atoms with Crippen LogP contribution in [0.5, 0.6) is 17.2 Å². The molecule has 1 spiro atoms. The van der Waals surface area contributed by atoms with E-state index in [2.05, 4.69) is 5.32 Å². The number of carbonyl (C=O) groups excluding carboxylic acids is 2. The molecule has 3 aliphatic rings. The number of benzene rings is 2. The van der Waals surface area contributed by atoms with Crippen molar-refractivity contribution < 1.29 is 28.5 Å². The van der Waals surface area contributed by atoms with E-state index < -0.39 is 23.6 Å². The molecule has 0 saturated heterocycles. The Bertz CT molecular complexity index is 981. The van der Waals surface area contributed by atoms with Crippen molar-refractivity contribution in [3.8, 4) is 17.2 Å². The first-order chi connectivity index (χ1) is 14.6. The number of anilines is 1. The third-order valence-corrected chi connectivity index (χ3v) is 5.74. The Morgan fingerprint density at radius 3 is 2.70 bits per heavy atom. The number of ether oxygens (including phenoxy) is 4. The Morgan fingerprint density at radius 2 is 1.83 bits per heavy atom. The first kappa shape index (κ1) is 18.8. The van der Waals surface area contributed by atoms with Crippen LogP contribution in [0.25, 0.3) is 0 Å². The molecule has 156 valence electrons. The molecule has 30 heavy (non-hydrogen) atoms. The molecular formula is C23H23NO6. The zero-order valence-corrected chi connectivity index (χ0v) is 16.5. The Kier molecular flexibility index (Phi) is 4.73. The van der Waals surface area contributed by atoms with E-state index in [-0.39, 0.29) is 13.2 Å². The van der Waals surface area contributed by atoms with Crippen LogP contribution < -0.4 is 19.5 Å². The highest BCUT2D eigenvalue weighted by molar-refractivity contribution is 5.93. The Morgan fingerprint density at radius 1 is 1.03 bits per heavy atom. The van der Waals surface area contributed by atoms with Gasteiger partial charge in [0.2, 0.25) is 0 Å². The maximum absolute atomic E-state index is 12.3. The minimum atomic E-state index is -0.540. The van der Waals surface area contributed by atoms with Gasteiger partial charge in [-0.1, -0.05) is 18.2 Å². The first-order valence-electron chi connectivity index (χ1n) is 10.3. The number of esters is 1. The summed E-state index contributed by atoms with van der Waals surface area (Å²) in [5.74, 6) is 0.315. The second kappa shape index (κ2) is 7.55. The van der Waals surface area contributed by atoms with Gasteiger partial charge in [-0.15, -0.1) is 0 Å². The van der Waals surface area contributed by atoms with Crippen molar-refractivity contribution >= 4 is 17.6 Å². The lowest BCUT2D eigenvalue weighted by molar-refractivity contribution is -0.152. The van der Waals surface area contributed by atoms with Crippen LogP contribution in [0.1, 0.15) is 31.2 Å². The second-order valence-corrected chi connectivity index (χ2v) is 7.96. The Hall–Kier alpha value is -3.22. The maximum atomic E-state index is 12.3. The van der Waals surface area contributed by atoms with Gasteiger partial charge in [-0.3, -0.25) is 9.59 Å². The monoisotopic (exact) mass is 409 g/mol. The number of rotatable bonds is 4. The molecular weight excluding hydrogens is 386 g/mol. The molecule has 1 unspecified atom stereocenters. The van der Waals surface area contributed by atoms with Gasteiger partial charge in [-0.05, 0) is 43.0 Å². The van der Waals surface area contributed by atoms with E-state index in [1.54, 1.807) is 18.2 Å². The molecule has 7 heteroatoms. The van der Waals surface area contributed by atoms with Gasteiger partial charge in [-0.2, -0.15) is 0 Å². The molecule has 2 heterocycles. The highest BCUT2D eigenvalue weighted by atomic mass is 16.7. The van der Waals surface area contributed by atoms with Gasteiger partial charge >= 0.3 is 5.97 Å². The van der Waals surface area contributed by atoms with E-state index in [9.17, 15) is 9.59 Å². The smallest absolute Gasteiger partial charge is 0.313 e. The summed E-state index contributed by atoms with van der Waals surface area (Å²) in [5.41, 5.74) is 1.54. The molecule has 1 amide bonds. The van der Waals surface area contributed by atoms with Crippen LogP contribution >= 0.6 is 0 Å². The van der Waals surface area contributed by atoms with Crippen LogP contribution in [0.3, 0.4) is 0 Å². The predicted molar refractivity (Wildman–Crippen MR) is 108 cm³/mol. The molecule has 1 N–H and O–H groups in total. The van der Waals surface area contributed by atoms with E-state index in [1.807, 2.05) is 24.3 Å². The van der Waals surface area contributed by atoms with E-state index in [1.165, 1.54) is 0 Å². The van der Waals surface area contributed by atoms with E-state index >= 15 is 0 Å². The van der Waals surface area contributed by atoms with Crippen LogP contribution in [0.2, 0.25) is 0 Å². The van der Waals surface area contributed by atoms with Crippen LogP contribution in [0.4, 0.5) is 5.69 Å². The average molecular weight is 409 g/mol. The van der Waals surface area contributed by atoms with Crippen LogP contribution in [0, 0.1) is 5.92 Å². The van der Waals surface area contributed by atoms with Crippen LogP contribution in [-0.2, 0) is 20.7 Å². The fraction of sp³-hybridized carbons (Fsp3) is 0.391. The van der Waals surface area contributed by atoms with Gasteiger partial charge in [0.1, 0.15) is 12.4 Å². The fourth-order valence-corrected chi connectivity index (χ4v) is 4.22. The summed E-state index contributed by atoms with van der Waals surface area (Å²) in [4.78, 5) is 24.6. The number of nitrogens with one attached hydrogen (secondary N) is 1. The lowest BCUT2D eigenvalue weighted by Gasteiger charge is -2.23. The summed E-state index contributed by atoms with van der Waals surface area (Å²) in [5, 5.41) is 2.74. The molecule has 2 aromatic carbocycles. The van der Waals surface area contributed by atoms with Crippen molar-refractivity contribution in [1.82, 2.24) is 0 Å². The van der Waals surface area contributed by atoms with E-state index in [0.717, 1.165) is 37.0 Å². The molecule has 1 saturated carbocycles. The quantitative estimate of drug-likeness (QED) is 0.779. The van der Waals surface area contributed by atoms with E-state index in [0.29, 0.717) is 23.6 Å². The summed E-state index contributed by atoms with van der Waals surface area (Å²) >= 11 is 0. The van der Waals surface area contributed by atoms with Gasteiger partial charge in [0, 0.05) is 24.6 Å². The van der Waals surface area contributed by atoms with Crippen LogP contribution in [0.15, 0.2) is 42.5 Å². The largest absolute Gasteiger partial charge is 0.492 e. The molecule has 2 aliphatic heterocycles. The molecule has 5 rings (SSSR count). The molecule has 2 aromatic rings. The summed E-state index contributed by atoms with van der Waals surface area (Å²) < 4.78 is 22.8. The van der Waals surface area contributed by atoms with Crippen molar-refractivity contribution in [2.24, 2.45) is 5.92 Å². The SMILES string of the molecule is O=C(COC(=O)C1COc2ccccc2C1)Nc1ccc2c(c1)OC1(CCCC1)O2. The molecule has 1 aliphatic carbocycles.